The minimum Gasteiger partial charge on any atom is -0.435 e. The van der Waals surface area contributed by atoms with E-state index in [2.05, 4.69) is 4.74 Å². The third kappa shape index (κ3) is 3.45. The molecule has 2 atom stereocenters. The SMILES string of the molecule is CC(N)C(O)c1ccc(OC(F)F)cc1. The van der Waals surface area contributed by atoms with Crippen LogP contribution in [0.25, 0.3) is 0 Å². The predicted octanol–water partition coefficient (Wildman–Crippen LogP) is 1.67. The van der Waals surface area contributed by atoms with Gasteiger partial charge in [-0.15, -0.1) is 0 Å². The molecule has 0 aliphatic rings. The monoisotopic (exact) mass is 217 g/mol. The van der Waals surface area contributed by atoms with Crippen molar-refractivity contribution in [3.8, 4) is 5.75 Å². The molecular weight excluding hydrogens is 204 g/mol. The van der Waals surface area contributed by atoms with Gasteiger partial charge in [0.2, 0.25) is 0 Å². The fourth-order valence-corrected chi connectivity index (χ4v) is 1.15. The molecule has 1 aromatic carbocycles. The van der Waals surface area contributed by atoms with E-state index in [-0.39, 0.29) is 5.75 Å². The average Bonchev–Trinajstić information content (AvgIpc) is 2.17. The quantitative estimate of drug-likeness (QED) is 0.806. The molecule has 1 aromatic rings. The van der Waals surface area contributed by atoms with Gasteiger partial charge in [0.05, 0.1) is 6.10 Å². The molecule has 0 radical (unpaired) electrons. The molecule has 0 aliphatic heterocycles. The maximum atomic E-state index is 11.8. The van der Waals surface area contributed by atoms with Gasteiger partial charge in [0.15, 0.2) is 0 Å². The van der Waals surface area contributed by atoms with Gasteiger partial charge in [0.1, 0.15) is 5.75 Å². The first kappa shape index (κ1) is 11.9. The number of aliphatic hydroxyl groups excluding tert-OH is 1. The molecule has 0 aromatic heterocycles. The number of rotatable bonds is 4. The summed E-state index contributed by atoms with van der Waals surface area (Å²) < 4.78 is 27.8. The number of aliphatic hydroxyl groups is 1. The zero-order chi connectivity index (χ0) is 11.4. The highest BCUT2D eigenvalue weighted by atomic mass is 19.3. The van der Waals surface area contributed by atoms with Crippen LogP contribution in [-0.2, 0) is 0 Å². The summed E-state index contributed by atoms with van der Waals surface area (Å²) in [5, 5.41) is 9.56. The molecule has 15 heavy (non-hydrogen) atoms. The van der Waals surface area contributed by atoms with Crippen LogP contribution in [0.2, 0.25) is 0 Å². The van der Waals surface area contributed by atoms with Crippen LogP contribution in [0.5, 0.6) is 5.75 Å². The van der Waals surface area contributed by atoms with Gasteiger partial charge >= 0.3 is 6.61 Å². The summed E-state index contributed by atoms with van der Waals surface area (Å²) in [7, 11) is 0. The molecule has 0 aliphatic carbocycles. The number of hydrogen-bond donors (Lipinski definition) is 2. The van der Waals surface area contributed by atoms with Crippen molar-refractivity contribution >= 4 is 0 Å². The van der Waals surface area contributed by atoms with Crippen LogP contribution in [0, 0.1) is 0 Å². The number of alkyl halides is 2. The Morgan fingerprint density at radius 2 is 1.80 bits per heavy atom. The molecule has 0 bridgehead atoms. The van der Waals surface area contributed by atoms with E-state index in [0.29, 0.717) is 5.56 Å². The van der Waals surface area contributed by atoms with Crippen molar-refractivity contribution < 1.29 is 18.6 Å². The number of nitrogens with two attached hydrogens (primary N) is 1. The maximum Gasteiger partial charge on any atom is 0.387 e. The van der Waals surface area contributed by atoms with E-state index in [0.717, 1.165) is 0 Å². The standard InChI is InChI=1S/C10H13F2NO2/c1-6(13)9(14)7-2-4-8(5-3-7)15-10(11)12/h2-6,9-10,14H,13H2,1H3. The second-order valence-corrected chi connectivity index (χ2v) is 3.25. The van der Waals surface area contributed by atoms with Crippen LogP contribution in [0.1, 0.15) is 18.6 Å². The van der Waals surface area contributed by atoms with Crippen molar-refractivity contribution in [3.05, 3.63) is 29.8 Å². The normalized spacial score (nSPS) is 15.1. The Kier molecular flexibility index (Phi) is 3.99. The fraction of sp³-hybridized carbons (Fsp3) is 0.400. The third-order valence-corrected chi connectivity index (χ3v) is 1.94. The summed E-state index contributed by atoms with van der Waals surface area (Å²) in [6.45, 7) is -1.18. The zero-order valence-electron chi connectivity index (χ0n) is 8.23. The number of ether oxygens (including phenoxy) is 1. The van der Waals surface area contributed by atoms with E-state index in [1.54, 1.807) is 6.92 Å². The fourth-order valence-electron chi connectivity index (χ4n) is 1.15. The second-order valence-electron chi connectivity index (χ2n) is 3.25. The Labute approximate surface area is 86.5 Å². The molecule has 5 heteroatoms. The summed E-state index contributed by atoms with van der Waals surface area (Å²) in [5.41, 5.74) is 6.06. The lowest BCUT2D eigenvalue weighted by atomic mass is 10.0. The van der Waals surface area contributed by atoms with Gasteiger partial charge in [-0.05, 0) is 24.6 Å². The maximum absolute atomic E-state index is 11.8. The van der Waals surface area contributed by atoms with E-state index in [4.69, 9.17) is 5.73 Å². The number of hydrogen-bond acceptors (Lipinski definition) is 3. The Morgan fingerprint density at radius 1 is 1.27 bits per heavy atom. The molecule has 2 unspecified atom stereocenters. The third-order valence-electron chi connectivity index (χ3n) is 1.94. The highest BCUT2D eigenvalue weighted by Gasteiger charge is 2.12. The summed E-state index contributed by atoms with van der Waals surface area (Å²) in [4.78, 5) is 0. The smallest absolute Gasteiger partial charge is 0.387 e. The Bertz CT molecular complexity index is 301. The molecular formula is C10H13F2NO2. The first-order chi connectivity index (χ1) is 7.00. The highest BCUT2D eigenvalue weighted by Crippen LogP contribution is 2.20. The highest BCUT2D eigenvalue weighted by molar-refractivity contribution is 5.29. The van der Waals surface area contributed by atoms with Crippen molar-refractivity contribution in [2.24, 2.45) is 5.73 Å². The lowest BCUT2D eigenvalue weighted by Crippen LogP contribution is -2.24. The average molecular weight is 217 g/mol. The van der Waals surface area contributed by atoms with Crippen LogP contribution in [-0.4, -0.2) is 17.8 Å². The van der Waals surface area contributed by atoms with Gasteiger partial charge in [-0.1, -0.05) is 12.1 Å². The van der Waals surface area contributed by atoms with Crippen molar-refractivity contribution in [3.63, 3.8) is 0 Å². The Morgan fingerprint density at radius 3 is 2.20 bits per heavy atom. The van der Waals surface area contributed by atoms with E-state index < -0.39 is 18.8 Å². The summed E-state index contributed by atoms with van der Waals surface area (Å²) in [5.74, 6) is 0.0608. The van der Waals surface area contributed by atoms with Gasteiger partial charge < -0.3 is 15.6 Å². The minimum absolute atomic E-state index is 0.0608. The van der Waals surface area contributed by atoms with Gasteiger partial charge in [-0.3, -0.25) is 0 Å². The van der Waals surface area contributed by atoms with Crippen molar-refractivity contribution in [2.75, 3.05) is 0 Å². The van der Waals surface area contributed by atoms with Gasteiger partial charge in [0.25, 0.3) is 0 Å². The first-order valence-corrected chi connectivity index (χ1v) is 4.49. The molecule has 3 nitrogen and oxygen atoms in total. The zero-order valence-corrected chi connectivity index (χ0v) is 8.23. The van der Waals surface area contributed by atoms with Crippen molar-refractivity contribution in [1.29, 1.82) is 0 Å². The summed E-state index contributed by atoms with van der Waals surface area (Å²) in [6.07, 6.45) is -0.800. The number of halogens is 2. The summed E-state index contributed by atoms with van der Waals surface area (Å²) >= 11 is 0. The van der Waals surface area contributed by atoms with Crippen LogP contribution in [0.3, 0.4) is 0 Å². The van der Waals surface area contributed by atoms with Crippen LogP contribution in [0.4, 0.5) is 8.78 Å². The molecule has 0 amide bonds. The van der Waals surface area contributed by atoms with Crippen LogP contribution >= 0.6 is 0 Å². The van der Waals surface area contributed by atoms with Crippen LogP contribution in [0.15, 0.2) is 24.3 Å². The first-order valence-electron chi connectivity index (χ1n) is 4.49. The molecule has 3 N–H and O–H groups in total. The Hall–Kier alpha value is -1.20. The van der Waals surface area contributed by atoms with Crippen molar-refractivity contribution in [1.82, 2.24) is 0 Å². The second kappa shape index (κ2) is 5.04. The Balaban J connectivity index is 2.72. The molecule has 0 saturated carbocycles. The van der Waals surface area contributed by atoms with Gasteiger partial charge in [-0.25, -0.2) is 0 Å². The molecule has 0 fully saturated rings. The molecule has 1 rings (SSSR count). The van der Waals surface area contributed by atoms with E-state index >= 15 is 0 Å². The molecule has 84 valence electrons. The lowest BCUT2D eigenvalue weighted by Gasteiger charge is -2.15. The van der Waals surface area contributed by atoms with Gasteiger partial charge in [-0.2, -0.15) is 8.78 Å². The van der Waals surface area contributed by atoms with Crippen molar-refractivity contribution in [2.45, 2.75) is 25.7 Å². The lowest BCUT2D eigenvalue weighted by molar-refractivity contribution is -0.0498. The summed E-state index contributed by atoms with van der Waals surface area (Å²) in [6, 6.07) is 5.34. The molecule has 0 saturated heterocycles. The predicted molar refractivity (Wildman–Crippen MR) is 51.7 cm³/mol. The molecule has 0 spiro atoms. The van der Waals surface area contributed by atoms with E-state index in [1.165, 1.54) is 24.3 Å². The van der Waals surface area contributed by atoms with Gasteiger partial charge in [0, 0.05) is 6.04 Å². The number of benzene rings is 1. The topological polar surface area (TPSA) is 55.5 Å². The molecule has 0 heterocycles. The van der Waals surface area contributed by atoms with E-state index in [1.807, 2.05) is 0 Å². The van der Waals surface area contributed by atoms with Crippen LogP contribution < -0.4 is 10.5 Å². The largest absolute Gasteiger partial charge is 0.435 e. The minimum atomic E-state index is -2.84. The van der Waals surface area contributed by atoms with E-state index in [9.17, 15) is 13.9 Å².